The Morgan fingerprint density at radius 3 is 2.73 bits per heavy atom. The number of nitrogens with zero attached hydrogens (tertiary/aromatic N) is 4. The lowest BCUT2D eigenvalue weighted by Gasteiger charge is -2.43. The van der Waals surface area contributed by atoms with Crippen molar-refractivity contribution in [3.05, 3.63) is 18.0 Å². The molecule has 0 unspecified atom stereocenters. The van der Waals surface area contributed by atoms with Crippen LogP contribution in [0.4, 0.5) is 25.2 Å². The summed E-state index contributed by atoms with van der Waals surface area (Å²) >= 11 is 0. The Kier molecular flexibility index (Phi) is 6.94. The van der Waals surface area contributed by atoms with E-state index in [0.717, 1.165) is 0 Å². The summed E-state index contributed by atoms with van der Waals surface area (Å²) < 4.78 is 40.6. The lowest BCUT2D eigenvalue weighted by atomic mass is 9.81. The number of hydrogen-bond donors (Lipinski definition) is 2. The highest BCUT2D eigenvalue weighted by molar-refractivity contribution is 5.68. The van der Waals surface area contributed by atoms with Gasteiger partial charge in [0.05, 0.1) is 11.9 Å². The smallest absolute Gasteiger partial charge is 0.410 e. The molecule has 0 spiro atoms. The Labute approximate surface area is 191 Å². The van der Waals surface area contributed by atoms with Crippen LogP contribution in [0.3, 0.4) is 0 Å². The lowest BCUT2D eigenvalue weighted by Crippen LogP contribution is -2.53. The van der Waals surface area contributed by atoms with Gasteiger partial charge in [0.25, 0.3) is 0 Å². The number of aromatic amines is 1. The van der Waals surface area contributed by atoms with E-state index in [0.29, 0.717) is 36.9 Å². The molecule has 2 aromatic rings. The first kappa shape index (κ1) is 24.5. The van der Waals surface area contributed by atoms with Gasteiger partial charge in [-0.05, 0) is 27.7 Å². The second-order valence-corrected chi connectivity index (χ2v) is 9.55. The van der Waals surface area contributed by atoms with Gasteiger partial charge in [0.2, 0.25) is 11.8 Å². The summed E-state index contributed by atoms with van der Waals surface area (Å²) in [7, 11) is 0. The van der Waals surface area contributed by atoms with Gasteiger partial charge in [-0.3, -0.25) is 4.98 Å². The molecule has 182 valence electrons. The number of rotatable bonds is 6. The summed E-state index contributed by atoms with van der Waals surface area (Å²) in [4.78, 5) is 22.9. The van der Waals surface area contributed by atoms with Crippen molar-refractivity contribution in [1.82, 2.24) is 25.1 Å². The second kappa shape index (κ2) is 9.36. The molecule has 1 fully saturated rings. The van der Waals surface area contributed by atoms with E-state index in [1.54, 1.807) is 11.8 Å². The number of aromatic nitrogens is 4. The number of halogens is 2. The summed E-state index contributed by atoms with van der Waals surface area (Å²) in [5.41, 5.74) is -0.351. The third-order valence-corrected chi connectivity index (χ3v) is 5.00. The lowest BCUT2D eigenvalue weighted by molar-refractivity contribution is -0.0528. The highest BCUT2D eigenvalue weighted by Crippen LogP contribution is 2.33. The molecule has 12 heteroatoms. The Balaban J connectivity index is 1.66. The molecule has 0 saturated carbocycles. The van der Waals surface area contributed by atoms with Crippen molar-refractivity contribution in [2.75, 3.05) is 18.4 Å². The monoisotopic (exact) mass is 468 g/mol. The molecule has 3 rings (SSSR count). The average molecular weight is 469 g/mol. The predicted molar refractivity (Wildman–Crippen MR) is 116 cm³/mol. The number of alkyl halides is 2. The van der Waals surface area contributed by atoms with Crippen LogP contribution < -0.4 is 14.8 Å². The van der Waals surface area contributed by atoms with Gasteiger partial charge in [0.15, 0.2) is 11.6 Å². The van der Waals surface area contributed by atoms with E-state index in [1.165, 1.54) is 12.3 Å². The van der Waals surface area contributed by atoms with Gasteiger partial charge < -0.3 is 24.4 Å². The summed E-state index contributed by atoms with van der Waals surface area (Å²) in [5.74, 6) is 0.730. The van der Waals surface area contributed by atoms with Gasteiger partial charge >= 0.3 is 12.7 Å². The molecule has 3 heterocycles. The van der Waals surface area contributed by atoms with Gasteiger partial charge in [-0.25, -0.2) is 9.89 Å². The summed E-state index contributed by atoms with van der Waals surface area (Å²) in [5, 5.41) is 9.15. The fraction of sp³-hybridized carbons (Fsp3) is 0.619. The topological polar surface area (TPSA) is 114 Å². The molecule has 0 radical (unpaired) electrons. The van der Waals surface area contributed by atoms with Crippen LogP contribution in [0.1, 0.15) is 46.7 Å². The molecular weight excluding hydrogens is 438 g/mol. The second-order valence-electron chi connectivity index (χ2n) is 9.55. The van der Waals surface area contributed by atoms with Crippen LogP contribution >= 0.6 is 0 Å². The van der Waals surface area contributed by atoms with Crippen molar-refractivity contribution < 1.29 is 27.8 Å². The van der Waals surface area contributed by atoms with E-state index >= 15 is 0 Å². The first-order valence-electron chi connectivity index (χ1n) is 10.6. The number of piperidine rings is 1. The van der Waals surface area contributed by atoms with Crippen LogP contribution in [-0.4, -0.2) is 62.6 Å². The zero-order chi connectivity index (χ0) is 24.4. The third-order valence-electron chi connectivity index (χ3n) is 5.00. The summed E-state index contributed by atoms with van der Waals surface area (Å²) in [6.07, 6.45) is 1.56. The van der Waals surface area contributed by atoms with E-state index < -0.39 is 12.2 Å². The van der Waals surface area contributed by atoms with Crippen molar-refractivity contribution in [3.8, 4) is 11.8 Å². The number of likely N-dealkylation sites (tertiary alicyclic amines) is 1. The molecule has 0 aliphatic carbocycles. The molecule has 2 N–H and O–H groups in total. The predicted octanol–water partition coefficient (Wildman–Crippen LogP) is 4.27. The van der Waals surface area contributed by atoms with Crippen molar-refractivity contribution >= 4 is 17.7 Å². The molecule has 1 saturated heterocycles. The number of nitrogens with one attached hydrogen (secondary N) is 2. The minimum atomic E-state index is -2.96. The van der Waals surface area contributed by atoms with Crippen LogP contribution in [0.5, 0.6) is 11.8 Å². The van der Waals surface area contributed by atoms with Crippen molar-refractivity contribution in [3.63, 3.8) is 0 Å². The molecule has 0 bridgehead atoms. The quantitative estimate of drug-likeness (QED) is 0.646. The van der Waals surface area contributed by atoms with Gasteiger partial charge in [0, 0.05) is 31.0 Å². The number of H-pyrrole nitrogens is 1. The maximum atomic E-state index is 12.5. The number of aryl methyl sites for hydroxylation is 1. The van der Waals surface area contributed by atoms with Crippen molar-refractivity contribution in [2.45, 2.75) is 66.3 Å². The molecule has 33 heavy (non-hydrogen) atoms. The van der Waals surface area contributed by atoms with Crippen molar-refractivity contribution in [1.29, 1.82) is 0 Å². The van der Waals surface area contributed by atoms with E-state index in [4.69, 9.17) is 9.47 Å². The fourth-order valence-corrected chi connectivity index (χ4v) is 3.44. The number of carbonyl (C=O) groups is 1. The minimum absolute atomic E-state index is 0.177. The highest BCUT2D eigenvalue weighted by atomic mass is 19.3. The van der Waals surface area contributed by atoms with Crippen LogP contribution in [0.15, 0.2) is 12.3 Å². The van der Waals surface area contributed by atoms with Crippen LogP contribution in [0, 0.1) is 12.3 Å². The molecule has 1 aliphatic heterocycles. The van der Waals surface area contributed by atoms with Gasteiger partial charge in [-0.2, -0.15) is 18.9 Å². The van der Waals surface area contributed by atoms with E-state index in [9.17, 15) is 13.6 Å². The Bertz CT molecular complexity index is 976. The number of carbonyl (C=O) groups excluding carboxylic acids is 1. The first-order valence-corrected chi connectivity index (χ1v) is 10.6. The average Bonchev–Trinajstić information content (AvgIpc) is 3.10. The highest BCUT2D eigenvalue weighted by Gasteiger charge is 2.40. The summed E-state index contributed by atoms with van der Waals surface area (Å²) in [6.45, 7) is 9.29. The van der Waals surface area contributed by atoms with Crippen LogP contribution in [0.2, 0.25) is 0 Å². The maximum absolute atomic E-state index is 12.5. The molecule has 1 amide bonds. The number of hydrogen-bond acceptors (Lipinski definition) is 8. The number of ether oxygens (including phenoxy) is 3. The molecule has 2 aromatic heterocycles. The summed E-state index contributed by atoms with van der Waals surface area (Å²) in [6, 6.07) is 1.29. The van der Waals surface area contributed by atoms with Gasteiger partial charge in [0.1, 0.15) is 11.7 Å². The van der Waals surface area contributed by atoms with Crippen LogP contribution in [-0.2, 0) is 4.74 Å². The van der Waals surface area contributed by atoms with E-state index in [2.05, 4.69) is 30.2 Å². The molecule has 10 nitrogen and oxygen atoms in total. The molecule has 1 atom stereocenters. The zero-order valence-corrected chi connectivity index (χ0v) is 19.6. The SMILES string of the molecule is Cc1ncc(O[C@@H]2CCN(C(=O)OC(C)(C)C)CC2(C)C)nc1Nc1cc(OC(F)F)[nH]n1. The largest absolute Gasteiger partial charge is 0.472 e. The molecule has 1 aliphatic rings. The minimum Gasteiger partial charge on any atom is -0.472 e. The normalized spacial score (nSPS) is 18.2. The molecular formula is C21H30F2N6O4. The third kappa shape index (κ3) is 6.65. The van der Waals surface area contributed by atoms with Gasteiger partial charge in [-0.1, -0.05) is 13.8 Å². The zero-order valence-electron chi connectivity index (χ0n) is 19.6. The Morgan fingerprint density at radius 1 is 1.36 bits per heavy atom. The van der Waals surface area contributed by atoms with E-state index in [1.807, 2.05) is 34.6 Å². The van der Waals surface area contributed by atoms with Crippen LogP contribution in [0.25, 0.3) is 0 Å². The standard InChI is InChI=1S/C21H30F2N6O4/c1-12-17(25-14-9-15(28-27-14)32-18(22)23)26-16(10-24-12)31-13-7-8-29(11-21(13,5)6)19(30)33-20(2,3)4/h9-10,13,18H,7-8,11H2,1-6H3,(H2,25,26,27,28)/t13-/m1/s1. The first-order chi connectivity index (χ1) is 15.3. The Morgan fingerprint density at radius 2 is 2.09 bits per heavy atom. The molecule has 0 aromatic carbocycles. The maximum Gasteiger partial charge on any atom is 0.410 e. The number of anilines is 2. The van der Waals surface area contributed by atoms with Gasteiger partial charge in [-0.15, -0.1) is 0 Å². The number of amides is 1. The van der Waals surface area contributed by atoms with E-state index in [-0.39, 0.29) is 29.3 Å². The van der Waals surface area contributed by atoms with Crippen molar-refractivity contribution in [2.24, 2.45) is 5.41 Å². The Hall–Kier alpha value is -3.18. The fourth-order valence-electron chi connectivity index (χ4n) is 3.44.